The van der Waals surface area contributed by atoms with Crippen LogP contribution in [-0.4, -0.2) is 22.7 Å². The number of nitrogens with zero attached hydrogens (tertiary/aromatic N) is 1. The molecule has 1 aliphatic heterocycles. The lowest BCUT2D eigenvalue weighted by Gasteiger charge is -2.13. The van der Waals surface area contributed by atoms with E-state index in [-0.39, 0.29) is 16.7 Å². The molecule has 14 heavy (non-hydrogen) atoms. The zero-order chi connectivity index (χ0) is 10.1. The van der Waals surface area contributed by atoms with E-state index in [4.69, 9.17) is 0 Å². The molecule has 1 N–H and O–H groups in total. The zero-order valence-electron chi connectivity index (χ0n) is 7.43. The fourth-order valence-corrected chi connectivity index (χ4v) is 1.87. The molecule has 1 saturated heterocycles. The van der Waals surface area contributed by atoms with E-state index in [0.717, 1.165) is 0 Å². The number of pyridine rings is 1. The predicted octanol–water partition coefficient (Wildman–Crippen LogP) is 0.410. The Balaban J connectivity index is 2.37. The topological polar surface area (TPSA) is 53.2 Å². The number of aromatic amines is 1. The normalized spacial score (nSPS) is 21.6. The lowest BCUT2D eigenvalue weighted by Crippen LogP contribution is -2.30. The maximum absolute atomic E-state index is 11.5. The van der Waals surface area contributed by atoms with E-state index >= 15 is 0 Å². The van der Waals surface area contributed by atoms with Gasteiger partial charge in [0.1, 0.15) is 5.69 Å². The number of nitrogens with one attached hydrogen (secondary N) is 1. The first-order chi connectivity index (χ1) is 6.68. The Kier molecular flexibility index (Phi) is 2.33. The molecule has 2 heterocycles. The van der Waals surface area contributed by atoms with Crippen molar-refractivity contribution in [3.63, 3.8) is 0 Å². The van der Waals surface area contributed by atoms with Crippen molar-refractivity contribution in [2.45, 2.75) is 11.7 Å². The second-order valence-electron chi connectivity index (χ2n) is 3.25. The number of anilines is 1. The molecule has 0 aliphatic carbocycles. The van der Waals surface area contributed by atoms with Gasteiger partial charge in [-0.1, -0.05) is 0 Å². The molecule has 0 bridgehead atoms. The summed E-state index contributed by atoms with van der Waals surface area (Å²) < 4.78 is 0. The molecule has 1 amide bonds. The quantitative estimate of drug-likeness (QED) is 0.660. The minimum atomic E-state index is -0.233. The highest BCUT2D eigenvalue weighted by Gasteiger charge is 2.29. The van der Waals surface area contributed by atoms with Crippen molar-refractivity contribution < 1.29 is 4.79 Å². The molecule has 1 fully saturated rings. The molecular weight excluding hydrogens is 200 g/mol. The van der Waals surface area contributed by atoms with Crippen LogP contribution in [0.15, 0.2) is 23.1 Å². The Morgan fingerprint density at radius 1 is 1.50 bits per heavy atom. The SMILES string of the molecule is O=C1CC(S)CN1c1ccc[nH]c1=O. The monoisotopic (exact) mass is 210 g/mol. The smallest absolute Gasteiger partial charge is 0.271 e. The van der Waals surface area contributed by atoms with Crippen LogP contribution in [0.3, 0.4) is 0 Å². The lowest BCUT2D eigenvalue weighted by atomic mass is 10.4. The predicted molar refractivity (Wildman–Crippen MR) is 56.8 cm³/mol. The van der Waals surface area contributed by atoms with Gasteiger partial charge in [-0.15, -0.1) is 0 Å². The molecule has 0 spiro atoms. The summed E-state index contributed by atoms with van der Waals surface area (Å²) in [4.78, 5) is 26.9. The maximum atomic E-state index is 11.5. The average molecular weight is 210 g/mol. The van der Waals surface area contributed by atoms with Crippen molar-refractivity contribution in [3.8, 4) is 0 Å². The number of H-pyrrole nitrogens is 1. The van der Waals surface area contributed by atoms with E-state index in [1.54, 1.807) is 18.3 Å². The molecule has 1 aromatic heterocycles. The van der Waals surface area contributed by atoms with Crippen LogP contribution >= 0.6 is 12.6 Å². The Morgan fingerprint density at radius 3 is 2.86 bits per heavy atom. The van der Waals surface area contributed by atoms with Gasteiger partial charge in [-0.3, -0.25) is 9.59 Å². The highest BCUT2D eigenvalue weighted by atomic mass is 32.1. The fraction of sp³-hybridized carbons (Fsp3) is 0.333. The first-order valence-electron chi connectivity index (χ1n) is 4.34. The summed E-state index contributed by atoms with van der Waals surface area (Å²) in [6.07, 6.45) is 1.95. The fourth-order valence-electron chi connectivity index (χ4n) is 1.55. The minimum Gasteiger partial charge on any atom is -0.327 e. The van der Waals surface area contributed by atoms with Gasteiger partial charge in [0.25, 0.3) is 5.56 Å². The molecule has 1 atom stereocenters. The van der Waals surface area contributed by atoms with Crippen LogP contribution in [0.4, 0.5) is 5.69 Å². The second-order valence-corrected chi connectivity index (χ2v) is 3.98. The zero-order valence-corrected chi connectivity index (χ0v) is 8.33. The number of hydrogen-bond donors (Lipinski definition) is 2. The molecule has 0 radical (unpaired) electrons. The summed E-state index contributed by atoms with van der Waals surface area (Å²) >= 11 is 4.22. The van der Waals surface area contributed by atoms with Crippen LogP contribution in [-0.2, 0) is 4.79 Å². The first kappa shape index (κ1) is 9.33. The van der Waals surface area contributed by atoms with Crippen molar-refractivity contribution >= 4 is 24.2 Å². The number of aromatic nitrogens is 1. The van der Waals surface area contributed by atoms with Crippen LogP contribution in [0, 0.1) is 0 Å². The van der Waals surface area contributed by atoms with Crippen molar-refractivity contribution in [3.05, 3.63) is 28.7 Å². The summed E-state index contributed by atoms with van der Waals surface area (Å²) in [5.41, 5.74) is 0.178. The van der Waals surface area contributed by atoms with E-state index in [0.29, 0.717) is 18.7 Å². The van der Waals surface area contributed by atoms with E-state index in [9.17, 15) is 9.59 Å². The summed E-state index contributed by atoms with van der Waals surface area (Å²) in [5, 5.41) is 0.0297. The van der Waals surface area contributed by atoms with Crippen LogP contribution < -0.4 is 10.5 Å². The van der Waals surface area contributed by atoms with E-state index in [2.05, 4.69) is 17.6 Å². The van der Waals surface area contributed by atoms with Gasteiger partial charge in [-0.25, -0.2) is 0 Å². The number of amides is 1. The van der Waals surface area contributed by atoms with Gasteiger partial charge in [-0.05, 0) is 12.1 Å². The molecule has 1 unspecified atom stereocenters. The summed E-state index contributed by atoms with van der Waals surface area (Å²) in [5.74, 6) is -0.0401. The molecule has 1 aromatic rings. The molecule has 4 nitrogen and oxygen atoms in total. The third kappa shape index (κ3) is 1.55. The largest absolute Gasteiger partial charge is 0.327 e. The Hall–Kier alpha value is -1.23. The number of hydrogen-bond acceptors (Lipinski definition) is 3. The highest BCUT2D eigenvalue weighted by Crippen LogP contribution is 2.20. The van der Waals surface area contributed by atoms with Gasteiger partial charge < -0.3 is 9.88 Å². The van der Waals surface area contributed by atoms with E-state index < -0.39 is 0 Å². The molecule has 2 rings (SSSR count). The van der Waals surface area contributed by atoms with Crippen LogP contribution in [0.2, 0.25) is 0 Å². The van der Waals surface area contributed by atoms with Gasteiger partial charge in [0, 0.05) is 24.4 Å². The highest BCUT2D eigenvalue weighted by molar-refractivity contribution is 7.81. The summed E-state index contributed by atoms with van der Waals surface area (Å²) in [7, 11) is 0. The van der Waals surface area contributed by atoms with Gasteiger partial charge in [0.15, 0.2) is 0 Å². The third-order valence-electron chi connectivity index (χ3n) is 2.19. The summed E-state index contributed by atoms with van der Waals surface area (Å²) in [6.45, 7) is 0.509. The van der Waals surface area contributed by atoms with Crippen molar-refractivity contribution in [2.75, 3.05) is 11.4 Å². The summed E-state index contributed by atoms with van der Waals surface area (Å²) in [6, 6.07) is 3.35. The molecule has 5 heteroatoms. The van der Waals surface area contributed by atoms with Crippen LogP contribution in [0.5, 0.6) is 0 Å². The molecule has 74 valence electrons. The maximum Gasteiger partial charge on any atom is 0.271 e. The van der Waals surface area contributed by atoms with Crippen LogP contribution in [0.1, 0.15) is 6.42 Å². The van der Waals surface area contributed by atoms with Gasteiger partial charge >= 0.3 is 0 Å². The molecule has 0 saturated carbocycles. The number of carbonyl (C=O) groups excluding carboxylic acids is 1. The third-order valence-corrected chi connectivity index (χ3v) is 2.54. The Morgan fingerprint density at radius 2 is 2.29 bits per heavy atom. The van der Waals surface area contributed by atoms with Crippen molar-refractivity contribution in [1.29, 1.82) is 0 Å². The van der Waals surface area contributed by atoms with Crippen molar-refractivity contribution in [1.82, 2.24) is 4.98 Å². The molecule has 1 aliphatic rings. The second kappa shape index (κ2) is 3.49. The van der Waals surface area contributed by atoms with Gasteiger partial charge in [0.05, 0.1) is 0 Å². The Bertz CT molecular complexity index is 415. The Labute approximate surface area is 86.3 Å². The lowest BCUT2D eigenvalue weighted by molar-refractivity contribution is -0.117. The van der Waals surface area contributed by atoms with E-state index in [1.807, 2.05) is 0 Å². The molecular formula is C9H10N2O2S. The molecule has 0 aromatic carbocycles. The minimum absolute atomic E-state index is 0.0297. The van der Waals surface area contributed by atoms with Gasteiger partial charge in [-0.2, -0.15) is 12.6 Å². The van der Waals surface area contributed by atoms with Crippen LogP contribution in [0.25, 0.3) is 0 Å². The standard InChI is InChI=1S/C9H10N2O2S/c12-8-4-6(14)5-11(8)7-2-1-3-10-9(7)13/h1-3,6,14H,4-5H2,(H,10,13). The van der Waals surface area contributed by atoms with Gasteiger partial charge in [0.2, 0.25) is 5.91 Å². The number of thiol groups is 1. The number of carbonyl (C=O) groups is 1. The van der Waals surface area contributed by atoms with Crippen molar-refractivity contribution in [2.24, 2.45) is 0 Å². The number of rotatable bonds is 1. The first-order valence-corrected chi connectivity index (χ1v) is 4.86. The van der Waals surface area contributed by atoms with E-state index in [1.165, 1.54) is 4.90 Å². The average Bonchev–Trinajstić information content (AvgIpc) is 2.46.